The molecule has 3 aliphatic rings. The average Bonchev–Trinajstić information content (AvgIpc) is 3.43. The lowest BCUT2D eigenvalue weighted by molar-refractivity contribution is 0.403. The monoisotopic (exact) mass is 851 g/mol. The summed E-state index contributed by atoms with van der Waals surface area (Å²) in [5.74, 6) is 0. The molecule has 328 valence electrons. The molecule has 0 unspecified atom stereocenters. The van der Waals surface area contributed by atoms with Crippen molar-refractivity contribution >= 4 is 57.2 Å². The summed E-state index contributed by atoms with van der Waals surface area (Å²) in [6.45, 7) is 33.3. The summed E-state index contributed by atoms with van der Waals surface area (Å²) in [5.41, 5.74) is 24.8. The zero-order chi connectivity index (χ0) is 46.2. The van der Waals surface area contributed by atoms with Gasteiger partial charge in [0.1, 0.15) is 0 Å². The van der Waals surface area contributed by atoms with Crippen molar-refractivity contribution < 1.29 is 0 Å². The molecular formula is C62H67BN2. The second kappa shape index (κ2) is 14.6. The van der Waals surface area contributed by atoms with Crippen LogP contribution in [0.5, 0.6) is 0 Å². The van der Waals surface area contributed by atoms with Gasteiger partial charge in [-0.2, -0.15) is 0 Å². The zero-order valence-electron chi connectivity index (χ0n) is 41.5. The molecule has 1 aliphatic carbocycles. The van der Waals surface area contributed by atoms with Crippen LogP contribution in [0.1, 0.15) is 130 Å². The van der Waals surface area contributed by atoms with Crippen LogP contribution < -0.4 is 26.2 Å². The predicted octanol–water partition coefficient (Wildman–Crippen LogP) is 15.3. The van der Waals surface area contributed by atoms with Crippen molar-refractivity contribution in [3.63, 3.8) is 0 Å². The van der Waals surface area contributed by atoms with Crippen molar-refractivity contribution in [1.82, 2.24) is 0 Å². The predicted molar refractivity (Wildman–Crippen MR) is 283 cm³/mol. The van der Waals surface area contributed by atoms with Gasteiger partial charge in [-0.3, -0.25) is 0 Å². The summed E-state index contributed by atoms with van der Waals surface area (Å²) < 4.78 is 0. The Morgan fingerprint density at radius 2 is 0.969 bits per heavy atom. The first-order valence-corrected chi connectivity index (χ1v) is 24.0. The number of anilines is 6. The van der Waals surface area contributed by atoms with Crippen molar-refractivity contribution in [2.75, 3.05) is 9.80 Å². The Kier molecular flexibility index (Phi) is 9.69. The van der Waals surface area contributed by atoms with Gasteiger partial charge in [0.25, 0.3) is 6.71 Å². The molecule has 0 N–H and O–H groups in total. The normalized spacial score (nSPS) is 15.9. The van der Waals surface area contributed by atoms with Crippen LogP contribution in [0.15, 0.2) is 140 Å². The number of aryl methyl sites for hydroxylation is 1. The van der Waals surface area contributed by atoms with Crippen molar-refractivity contribution in [2.24, 2.45) is 0 Å². The van der Waals surface area contributed by atoms with Crippen LogP contribution in [0.25, 0.3) is 22.3 Å². The quantitative estimate of drug-likeness (QED) is 0.163. The Labute approximate surface area is 390 Å². The van der Waals surface area contributed by atoms with E-state index in [0.29, 0.717) is 0 Å². The third-order valence-electron chi connectivity index (χ3n) is 14.9. The topological polar surface area (TPSA) is 6.48 Å². The van der Waals surface area contributed by atoms with E-state index in [1.165, 1.54) is 106 Å². The Morgan fingerprint density at radius 3 is 1.54 bits per heavy atom. The number of hydrogen-bond donors (Lipinski definition) is 0. The van der Waals surface area contributed by atoms with E-state index in [0.717, 1.165) is 6.42 Å². The minimum absolute atomic E-state index is 0.0189. The molecule has 2 aliphatic heterocycles. The minimum atomic E-state index is -0.103. The van der Waals surface area contributed by atoms with Crippen LogP contribution >= 0.6 is 0 Å². The van der Waals surface area contributed by atoms with Gasteiger partial charge in [0.15, 0.2) is 0 Å². The molecule has 0 radical (unpaired) electrons. The van der Waals surface area contributed by atoms with Crippen LogP contribution in [0.3, 0.4) is 0 Å². The van der Waals surface area contributed by atoms with E-state index in [1.54, 1.807) is 0 Å². The number of hydrogen-bond acceptors (Lipinski definition) is 2. The molecule has 7 aromatic carbocycles. The summed E-state index contributed by atoms with van der Waals surface area (Å²) in [6, 6.07) is 54.3. The smallest absolute Gasteiger partial charge is 0.252 e. The summed E-state index contributed by atoms with van der Waals surface area (Å²) in [4.78, 5) is 5.27. The molecule has 10 rings (SSSR count). The van der Waals surface area contributed by atoms with Gasteiger partial charge in [-0.15, -0.1) is 0 Å². The third kappa shape index (κ3) is 7.08. The van der Waals surface area contributed by atoms with Gasteiger partial charge in [-0.1, -0.05) is 181 Å². The van der Waals surface area contributed by atoms with E-state index in [1.807, 2.05) is 0 Å². The van der Waals surface area contributed by atoms with Gasteiger partial charge in [-0.05, 0) is 155 Å². The highest BCUT2D eigenvalue weighted by Crippen LogP contribution is 2.54. The van der Waals surface area contributed by atoms with Gasteiger partial charge in [0, 0.05) is 34.0 Å². The second-order valence-corrected chi connectivity index (χ2v) is 23.9. The Hall–Kier alpha value is -5.80. The first-order chi connectivity index (χ1) is 30.5. The fourth-order valence-electron chi connectivity index (χ4n) is 11.8. The van der Waals surface area contributed by atoms with E-state index in [-0.39, 0.29) is 33.8 Å². The second-order valence-electron chi connectivity index (χ2n) is 23.9. The molecular weight excluding hydrogens is 784 g/mol. The SMILES string of the molecule is Cc1cc2c3c(c1)N(c1cc(-c4ccccc4)c(C(C)(C)C)cc1-c1ccccc1)c1cc4c(cc1B3c1cc(C(C)(C)C)ccc1N2c1ccc(C(C)(C)C)cc1)C(C)(C)CC4(C)C. The highest BCUT2D eigenvalue weighted by Gasteiger charge is 2.48. The minimum Gasteiger partial charge on any atom is -0.311 e. The summed E-state index contributed by atoms with van der Waals surface area (Å²) in [5, 5.41) is 0. The van der Waals surface area contributed by atoms with E-state index < -0.39 is 0 Å². The highest BCUT2D eigenvalue weighted by molar-refractivity contribution is 7.00. The maximum Gasteiger partial charge on any atom is 0.252 e. The molecule has 0 spiro atoms. The third-order valence-corrected chi connectivity index (χ3v) is 14.9. The lowest BCUT2D eigenvalue weighted by Crippen LogP contribution is -2.61. The van der Waals surface area contributed by atoms with Crippen molar-refractivity contribution in [2.45, 2.75) is 130 Å². The van der Waals surface area contributed by atoms with Gasteiger partial charge >= 0.3 is 0 Å². The number of rotatable bonds is 4. The fourth-order valence-corrected chi connectivity index (χ4v) is 11.8. The van der Waals surface area contributed by atoms with Crippen LogP contribution in [0.2, 0.25) is 0 Å². The van der Waals surface area contributed by atoms with Crippen molar-refractivity contribution in [3.05, 3.63) is 173 Å². The first kappa shape index (κ1) is 43.1. The maximum absolute atomic E-state index is 2.69. The molecule has 0 amide bonds. The van der Waals surface area contributed by atoms with E-state index in [9.17, 15) is 0 Å². The lowest BCUT2D eigenvalue weighted by atomic mass is 9.33. The molecule has 3 heteroatoms. The summed E-state index contributed by atoms with van der Waals surface area (Å²) in [6.07, 6.45) is 1.11. The summed E-state index contributed by atoms with van der Waals surface area (Å²) >= 11 is 0. The maximum atomic E-state index is 2.69. The van der Waals surface area contributed by atoms with Crippen molar-refractivity contribution in [3.8, 4) is 22.3 Å². The molecule has 2 heterocycles. The van der Waals surface area contributed by atoms with Crippen molar-refractivity contribution in [1.29, 1.82) is 0 Å². The van der Waals surface area contributed by atoms with Gasteiger partial charge in [0.2, 0.25) is 0 Å². The highest BCUT2D eigenvalue weighted by atomic mass is 15.2. The molecule has 65 heavy (non-hydrogen) atoms. The molecule has 0 atom stereocenters. The largest absolute Gasteiger partial charge is 0.311 e. The molecule has 0 saturated heterocycles. The zero-order valence-corrected chi connectivity index (χ0v) is 41.5. The standard InChI is InChI=1S/C62H67BN2/c1-39-31-55-57-56(32-39)65(53-35-45(40-21-17-15-18-22-40)47(60(8,9)10)34-46(53)41-23-19-16-20-24-41)54-37-49-48(61(11,12)38-62(49,13)14)36-51(54)63(57)50-33-43(59(5,6)7)27-30-52(50)64(55)44-28-25-42(26-29-44)58(2,3)4/h15-37H,38H2,1-14H3. The van der Waals surface area contributed by atoms with Crippen LogP contribution in [0.4, 0.5) is 34.1 Å². The Morgan fingerprint density at radius 1 is 0.446 bits per heavy atom. The number of benzene rings is 7. The Balaban J connectivity index is 1.37. The van der Waals surface area contributed by atoms with Gasteiger partial charge in [-0.25, -0.2) is 0 Å². The molecule has 2 nitrogen and oxygen atoms in total. The molecule has 0 bridgehead atoms. The number of fused-ring (bicyclic) bond motifs is 5. The molecule has 0 saturated carbocycles. The van der Waals surface area contributed by atoms with Crippen LogP contribution in [-0.4, -0.2) is 6.71 Å². The van der Waals surface area contributed by atoms with E-state index in [2.05, 4.69) is 246 Å². The van der Waals surface area contributed by atoms with Crippen LogP contribution in [0, 0.1) is 6.92 Å². The molecule has 0 fully saturated rings. The molecule has 7 aromatic rings. The Bertz CT molecular complexity index is 3010. The number of nitrogens with zero attached hydrogens (tertiary/aromatic N) is 2. The van der Waals surface area contributed by atoms with Gasteiger partial charge < -0.3 is 9.80 Å². The molecule has 0 aromatic heterocycles. The first-order valence-electron chi connectivity index (χ1n) is 24.0. The summed E-state index contributed by atoms with van der Waals surface area (Å²) in [7, 11) is 0. The fraction of sp³-hybridized carbons (Fsp3) is 0.323. The van der Waals surface area contributed by atoms with Crippen LogP contribution in [-0.2, 0) is 27.1 Å². The average molecular weight is 851 g/mol. The van der Waals surface area contributed by atoms with E-state index in [4.69, 9.17) is 0 Å². The lowest BCUT2D eigenvalue weighted by Gasteiger charge is -2.46. The van der Waals surface area contributed by atoms with E-state index >= 15 is 0 Å². The van der Waals surface area contributed by atoms with Gasteiger partial charge in [0.05, 0.1) is 5.69 Å².